The van der Waals surface area contributed by atoms with Gasteiger partial charge in [-0.3, -0.25) is 4.98 Å². The molecule has 3 nitrogen and oxygen atoms in total. The van der Waals surface area contributed by atoms with Crippen molar-refractivity contribution in [1.29, 1.82) is 0 Å². The number of fused-ring (bicyclic) bond motifs is 2. The number of rotatable bonds is 2. The van der Waals surface area contributed by atoms with Crippen molar-refractivity contribution in [3.63, 3.8) is 0 Å². The van der Waals surface area contributed by atoms with Crippen LogP contribution in [0, 0.1) is 6.92 Å². The number of hydrogen-bond acceptors (Lipinski definition) is 3. The molecule has 1 aliphatic heterocycles. The predicted octanol–water partition coefficient (Wildman–Crippen LogP) is 3.79. The van der Waals surface area contributed by atoms with E-state index in [1.54, 1.807) is 7.11 Å². The van der Waals surface area contributed by atoms with Crippen molar-refractivity contribution in [2.75, 3.05) is 13.7 Å². The van der Waals surface area contributed by atoms with Crippen LogP contribution in [0.3, 0.4) is 0 Å². The third-order valence-corrected chi connectivity index (χ3v) is 4.65. The molecule has 23 heavy (non-hydrogen) atoms. The molecular weight excluding hydrogens is 284 g/mol. The Labute approximate surface area is 136 Å². The van der Waals surface area contributed by atoms with Crippen molar-refractivity contribution in [3.05, 3.63) is 71.0 Å². The number of methoxy groups -OCH3 is 1. The average Bonchev–Trinajstić information content (AvgIpc) is 2.60. The van der Waals surface area contributed by atoms with Crippen LogP contribution in [0.25, 0.3) is 10.8 Å². The van der Waals surface area contributed by atoms with E-state index in [4.69, 9.17) is 9.72 Å². The van der Waals surface area contributed by atoms with Gasteiger partial charge in [-0.2, -0.15) is 0 Å². The molecule has 1 aromatic heterocycles. The first-order valence-corrected chi connectivity index (χ1v) is 8.03. The van der Waals surface area contributed by atoms with Gasteiger partial charge in [-0.25, -0.2) is 0 Å². The molecule has 0 radical (unpaired) electrons. The molecule has 3 heteroatoms. The fourth-order valence-corrected chi connectivity index (χ4v) is 3.48. The molecule has 0 spiro atoms. The van der Waals surface area contributed by atoms with E-state index in [0.717, 1.165) is 30.1 Å². The first-order chi connectivity index (χ1) is 11.3. The molecule has 4 rings (SSSR count). The highest BCUT2D eigenvalue weighted by molar-refractivity contribution is 5.86. The molecule has 1 N–H and O–H groups in total. The molecule has 1 unspecified atom stereocenters. The van der Waals surface area contributed by atoms with Crippen molar-refractivity contribution < 1.29 is 4.74 Å². The smallest absolute Gasteiger partial charge is 0.119 e. The number of aromatic nitrogens is 1. The average molecular weight is 304 g/mol. The van der Waals surface area contributed by atoms with Crippen LogP contribution < -0.4 is 10.1 Å². The Balaban J connectivity index is 1.86. The van der Waals surface area contributed by atoms with E-state index < -0.39 is 0 Å². The van der Waals surface area contributed by atoms with Gasteiger partial charge in [0, 0.05) is 17.6 Å². The lowest BCUT2D eigenvalue weighted by atomic mass is 9.91. The lowest BCUT2D eigenvalue weighted by Crippen LogP contribution is -2.31. The molecule has 0 fully saturated rings. The predicted molar refractivity (Wildman–Crippen MR) is 93.0 cm³/mol. The molecule has 116 valence electrons. The Morgan fingerprint density at radius 1 is 1.13 bits per heavy atom. The van der Waals surface area contributed by atoms with Crippen molar-refractivity contribution >= 4 is 10.8 Å². The second kappa shape index (κ2) is 5.67. The molecule has 0 saturated carbocycles. The van der Waals surface area contributed by atoms with Gasteiger partial charge in [0.05, 0.1) is 18.8 Å². The summed E-state index contributed by atoms with van der Waals surface area (Å²) in [6.07, 6.45) is 1.08. The zero-order valence-corrected chi connectivity index (χ0v) is 13.5. The first-order valence-electron chi connectivity index (χ1n) is 8.03. The number of aryl methyl sites for hydroxylation is 1. The number of ether oxygens (including phenoxy) is 1. The minimum atomic E-state index is 0.161. The Kier molecular flexibility index (Phi) is 3.50. The molecule has 0 amide bonds. The molecule has 1 atom stereocenters. The maximum Gasteiger partial charge on any atom is 0.119 e. The standard InChI is InChI=1S/C20H20N2O/c1-13-17-8-7-16(23-2)11-15(17)12-19(22-13)20-18-6-4-3-5-14(18)9-10-21-20/h3-8,11-12,20-21H,9-10H2,1-2H3. The topological polar surface area (TPSA) is 34.1 Å². The van der Waals surface area contributed by atoms with Crippen LogP contribution in [-0.4, -0.2) is 18.6 Å². The summed E-state index contributed by atoms with van der Waals surface area (Å²) in [4.78, 5) is 4.88. The van der Waals surface area contributed by atoms with Crippen LogP contribution >= 0.6 is 0 Å². The largest absolute Gasteiger partial charge is 0.497 e. The Bertz CT molecular complexity index is 873. The van der Waals surface area contributed by atoms with Crippen molar-refractivity contribution in [2.45, 2.75) is 19.4 Å². The van der Waals surface area contributed by atoms with Crippen LogP contribution in [0.15, 0.2) is 48.5 Å². The maximum atomic E-state index is 5.37. The van der Waals surface area contributed by atoms with Gasteiger partial charge in [-0.05, 0) is 54.1 Å². The number of pyridine rings is 1. The van der Waals surface area contributed by atoms with Gasteiger partial charge in [0.2, 0.25) is 0 Å². The number of nitrogens with one attached hydrogen (secondary N) is 1. The van der Waals surface area contributed by atoms with E-state index in [1.807, 2.05) is 6.07 Å². The fourth-order valence-electron chi connectivity index (χ4n) is 3.48. The lowest BCUT2D eigenvalue weighted by Gasteiger charge is -2.27. The summed E-state index contributed by atoms with van der Waals surface area (Å²) in [5.74, 6) is 0.881. The van der Waals surface area contributed by atoms with Gasteiger partial charge in [-0.1, -0.05) is 24.3 Å². The highest BCUT2D eigenvalue weighted by atomic mass is 16.5. The first kappa shape index (κ1) is 14.2. The van der Waals surface area contributed by atoms with Crippen molar-refractivity contribution in [1.82, 2.24) is 10.3 Å². The lowest BCUT2D eigenvalue weighted by molar-refractivity contribution is 0.415. The van der Waals surface area contributed by atoms with Gasteiger partial charge >= 0.3 is 0 Å². The molecule has 2 aromatic carbocycles. The Morgan fingerprint density at radius 3 is 2.87 bits per heavy atom. The van der Waals surface area contributed by atoms with E-state index >= 15 is 0 Å². The van der Waals surface area contributed by atoms with Crippen molar-refractivity contribution in [2.24, 2.45) is 0 Å². The van der Waals surface area contributed by atoms with E-state index in [1.165, 1.54) is 21.9 Å². The number of benzene rings is 2. The molecule has 0 bridgehead atoms. The summed E-state index contributed by atoms with van der Waals surface area (Å²) < 4.78 is 5.37. The molecule has 0 aliphatic carbocycles. The van der Waals surface area contributed by atoms with Gasteiger partial charge in [-0.15, -0.1) is 0 Å². The quantitative estimate of drug-likeness (QED) is 0.782. The molecular formula is C20H20N2O. The normalized spacial score (nSPS) is 17.0. The summed E-state index contributed by atoms with van der Waals surface area (Å²) in [5, 5.41) is 5.98. The SMILES string of the molecule is COc1ccc2c(C)nc(C3NCCc4ccccc43)cc2c1. The van der Waals surface area contributed by atoms with Crippen molar-refractivity contribution in [3.8, 4) is 5.75 Å². The zero-order chi connectivity index (χ0) is 15.8. The molecule has 3 aromatic rings. The fraction of sp³-hybridized carbons (Fsp3) is 0.250. The minimum absolute atomic E-state index is 0.161. The zero-order valence-electron chi connectivity index (χ0n) is 13.5. The summed E-state index contributed by atoms with van der Waals surface area (Å²) in [6.45, 7) is 3.06. The van der Waals surface area contributed by atoms with Crippen LogP contribution in [-0.2, 0) is 6.42 Å². The van der Waals surface area contributed by atoms with E-state index in [2.05, 4.69) is 54.7 Å². The Morgan fingerprint density at radius 2 is 2.00 bits per heavy atom. The third-order valence-electron chi connectivity index (χ3n) is 4.65. The molecule has 0 saturated heterocycles. The third kappa shape index (κ3) is 2.47. The summed E-state index contributed by atoms with van der Waals surface area (Å²) >= 11 is 0. The number of hydrogen-bond donors (Lipinski definition) is 1. The van der Waals surface area contributed by atoms with Gasteiger partial charge in [0.1, 0.15) is 5.75 Å². The highest BCUT2D eigenvalue weighted by Gasteiger charge is 2.22. The number of nitrogens with zero attached hydrogens (tertiary/aromatic N) is 1. The molecule has 1 aliphatic rings. The van der Waals surface area contributed by atoms with Gasteiger partial charge < -0.3 is 10.1 Å². The Hall–Kier alpha value is -2.39. The molecule has 2 heterocycles. The summed E-state index contributed by atoms with van der Waals surface area (Å²) in [6, 6.07) is 17.2. The monoisotopic (exact) mass is 304 g/mol. The van der Waals surface area contributed by atoms with Gasteiger partial charge in [0.25, 0.3) is 0 Å². The van der Waals surface area contributed by atoms with Crippen LogP contribution in [0.2, 0.25) is 0 Å². The van der Waals surface area contributed by atoms with Crippen LogP contribution in [0.4, 0.5) is 0 Å². The maximum absolute atomic E-state index is 5.37. The second-order valence-electron chi connectivity index (χ2n) is 6.06. The van der Waals surface area contributed by atoms with E-state index in [9.17, 15) is 0 Å². The summed E-state index contributed by atoms with van der Waals surface area (Å²) in [5.41, 5.74) is 4.90. The van der Waals surface area contributed by atoms with Gasteiger partial charge in [0.15, 0.2) is 0 Å². The second-order valence-corrected chi connectivity index (χ2v) is 6.06. The highest BCUT2D eigenvalue weighted by Crippen LogP contribution is 2.31. The minimum Gasteiger partial charge on any atom is -0.497 e. The van der Waals surface area contributed by atoms with Crippen LogP contribution in [0.1, 0.15) is 28.6 Å². The van der Waals surface area contributed by atoms with Crippen LogP contribution in [0.5, 0.6) is 5.75 Å². The van der Waals surface area contributed by atoms with E-state index in [-0.39, 0.29) is 6.04 Å². The summed E-state index contributed by atoms with van der Waals surface area (Å²) in [7, 11) is 1.70. The van der Waals surface area contributed by atoms with E-state index in [0.29, 0.717) is 0 Å².